The fourth-order valence-electron chi connectivity index (χ4n) is 0.768. The van der Waals surface area contributed by atoms with E-state index in [0.29, 0.717) is 5.75 Å². The lowest BCUT2D eigenvalue weighted by Crippen LogP contribution is -1.86. The normalized spacial score (nSPS) is 13.9. The maximum Gasteiger partial charge on any atom is 0.332 e. The average Bonchev–Trinajstić information content (AvgIpc) is 2.04. The van der Waals surface area contributed by atoms with Crippen LogP contribution in [0.15, 0.2) is 35.2 Å². The van der Waals surface area contributed by atoms with E-state index in [9.17, 15) is 4.57 Å². The zero-order valence-electron chi connectivity index (χ0n) is 6.99. The van der Waals surface area contributed by atoms with Crippen molar-refractivity contribution in [3.05, 3.63) is 40.8 Å². The largest absolute Gasteiger partial charge is 0.439 e. The van der Waals surface area contributed by atoms with Crippen LogP contribution < -0.4 is 4.52 Å². The number of para-hydroxylation sites is 1. The van der Waals surface area contributed by atoms with Gasteiger partial charge in [0, 0.05) is 16.5 Å². The number of rotatable bonds is 3. The molecule has 0 bridgehead atoms. The molecule has 0 aromatic heterocycles. The molecule has 0 radical (unpaired) electrons. The van der Waals surface area contributed by atoms with Gasteiger partial charge in [-0.1, -0.05) is 18.2 Å². The highest BCUT2D eigenvalue weighted by molar-refractivity contribution is 7.56. The molecule has 0 aliphatic rings. The lowest BCUT2D eigenvalue weighted by Gasteiger charge is -2.08. The zero-order chi connectivity index (χ0) is 9.73. The summed E-state index contributed by atoms with van der Waals surface area (Å²) in [4.78, 5) is 5.51. The van der Waals surface area contributed by atoms with Crippen LogP contribution in [-0.2, 0) is 4.57 Å². The van der Waals surface area contributed by atoms with Crippen LogP contribution in [0.5, 0.6) is 5.75 Å². The van der Waals surface area contributed by atoms with Crippen molar-refractivity contribution in [2.75, 3.05) is 6.66 Å². The average molecular weight is 197 g/mol. The fraction of sp³-hybridized carbons (Fsp3) is 0.143. The molecule has 13 heavy (non-hydrogen) atoms. The second-order valence-corrected chi connectivity index (χ2v) is 4.35. The summed E-state index contributed by atoms with van der Waals surface area (Å²) >= 11 is 0. The third-order valence-corrected chi connectivity index (χ3v) is 2.17. The highest BCUT2D eigenvalue weighted by atomic mass is 31.2. The number of hydrogen-bond donors (Lipinski definition) is 0. The minimum absolute atomic E-state index is 0.431. The lowest BCUT2D eigenvalue weighted by atomic mass is 10.3. The van der Waals surface area contributed by atoms with Gasteiger partial charge in [0.05, 0.1) is 0 Å². The summed E-state index contributed by atoms with van der Waals surface area (Å²) in [5, 5.41) is 0. The Morgan fingerprint density at radius 2 is 2.08 bits per heavy atom. The maximum absolute atomic E-state index is 11.3. The van der Waals surface area contributed by atoms with Crippen molar-refractivity contribution in [3.63, 3.8) is 0 Å². The summed E-state index contributed by atoms with van der Waals surface area (Å²) in [6.07, 6.45) is 0. The van der Waals surface area contributed by atoms with E-state index in [2.05, 4.69) is 9.80 Å². The van der Waals surface area contributed by atoms with Crippen LogP contribution in [0.2, 0.25) is 0 Å². The second kappa shape index (κ2) is 3.99. The smallest absolute Gasteiger partial charge is 0.332 e. The predicted molar refractivity (Wildman–Crippen MR) is 49.7 cm³/mol. The number of benzene rings is 1. The maximum atomic E-state index is 11.3. The molecule has 5 nitrogen and oxygen atoms in total. The third kappa shape index (κ3) is 3.20. The van der Waals surface area contributed by atoms with Crippen molar-refractivity contribution >= 4 is 7.52 Å². The van der Waals surface area contributed by atoms with Crippen LogP contribution in [0.25, 0.3) is 10.4 Å². The summed E-state index contributed by atoms with van der Waals surface area (Å²) in [7, 11) is -3.21. The van der Waals surface area contributed by atoms with Crippen LogP contribution >= 0.6 is 7.52 Å². The first-order valence-electron chi connectivity index (χ1n) is 3.53. The van der Waals surface area contributed by atoms with Crippen LogP contribution in [0.3, 0.4) is 0 Å². The highest BCUT2D eigenvalue weighted by Crippen LogP contribution is 2.44. The van der Waals surface area contributed by atoms with Gasteiger partial charge in [-0.25, -0.2) is 0 Å². The van der Waals surface area contributed by atoms with Crippen molar-refractivity contribution in [2.45, 2.75) is 0 Å². The summed E-state index contributed by atoms with van der Waals surface area (Å²) < 4.78 is 16.3. The van der Waals surface area contributed by atoms with E-state index in [-0.39, 0.29) is 0 Å². The summed E-state index contributed by atoms with van der Waals surface area (Å²) in [6, 6.07) is 8.57. The van der Waals surface area contributed by atoms with Gasteiger partial charge >= 0.3 is 7.52 Å². The number of nitrogens with zero attached hydrogens (tertiary/aromatic N) is 3. The first-order valence-corrected chi connectivity index (χ1v) is 5.55. The van der Waals surface area contributed by atoms with Gasteiger partial charge in [0.25, 0.3) is 0 Å². The van der Waals surface area contributed by atoms with Crippen LogP contribution in [0.1, 0.15) is 0 Å². The van der Waals surface area contributed by atoms with Gasteiger partial charge in [0.2, 0.25) is 0 Å². The van der Waals surface area contributed by atoms with E-state index in [1.807, 2.05) is 0 Å². The summed E-state index contributed by atoms with van der Waals surface area (Å²) in [5.41, 5.74) is 8.09. The van der Waals surface area contributed by atoms with Crippen molar-refractivity contribution in [2.24, 2.45) is 4.88 Å². The number of hydrogen-bond acceptors (Lipinski definition) is 2. The van der Waals surface area contributed by atoms with Gasteiger partial charge in [-0.2, -0.15) is 0 Å². The Hall–Kier alpha value is -1.44. The molecule has 1 rings (SSSR count). The molecule has 0 fully saturated rings. The molecular formula is C7H8N3O2P. The molecule has 0 aliphatic carbocycles. The van der Waals surface area contributed by atoms with Crippen molar-refractivity contribution in [1.29, 1.82) is 0 Å². The molecule has 0 saturated heterocycles. The van der Waals surface area contributed by atoms with E-state index < -0.39 is 7.52 Å². The Morgan fingerprint density at radius 1 is 1.46 bits per heavy atom. The molecule has 0 unspecified atom stereocenters. The monoisotopic (exact) mass is 197 g/mol. The van der Waals surface area contributed by atoms with Crippen LogP contribution in [0, 0.1) is 0 Å². The van der Waals surface area contributed by atoms with Gasteiger partial charge in [0.15, 0.2) is 0 Å². The molecule has 1 aromatic carbocycles. The Kier molecular flexibility index (Phi) is 2.96. The Labute approximate surface area is 75.5 Å². The quantitative estimate of drug-likeness (QED) is 0.323. The Balaban J connectivity index is 2.81. The molecule has 68 valence electrons. The molecule has 0 heterocycles. The molecule has 0 spiro atoms. The molecule has 0 amide bonds. The SMILES string of the molecule is C[P@@](=O)(N=[N+]=[N-])Oc1ccccc1. The molecule has 0 N–H and O–H groups in total. The minimum Gasteiger partial charge on any atom is -0.439 e. The number of azide groups is 1. The van der Waals surface area contributed by atoms with Gasteiger partial charge in [-0.05, 0) is 17.7 Å². The summed E-state index contributed by atoms with van der Waals surface area (Å²) in [6.45, 7) is 1.26. The highest BCUT2D eigenvalue weighted by Gasteiger charge is 2.13. The van der Waals surface area contributed by atoms with E-state index in [1.54, 1.807) is 30.3 Å². The van der Waals surface area contributed by atoms with Crippen molar-refractivity contribution in [3.8, 4) is 5.75 Å². The van der Waals surface area contributed by atoms with Gasteiger partial charge < -0.3 is 4.52 Å². The standard InChI is InChI=1S/C7H8N3O2P/c1-13(11,10-9-8)12-7-5-3-2-4-6-7/h2-6H,1H3/t13-/m0/s1. The molecule has 1 atom stereocenters. The molecule has 0 aliphatic heterocycles. The van der Waals surface area contributed by atoms with Crippen molar-refractivity contribution < 1.29 is 9.09 Å². The van der Waals surface area contributed by atoms with Gasteiger partial charge in [-0.15, -0.1) is 0 Å². The summed E-state index contributed by atoms with van der Waals surface area (Å²) in [5.74, 6) is 0.431. The fourth-order valence-corrected chi connectivity index (χ4v) is 1.46. The predicted octanol–water partition coefficient (Wildman–Crippen LogP) is 3.20. The third-order valence-electron chi connectivity index (χ3n) is 1.22. The van der Waals surface area contributed by atoms with Gasteiger partial charge in [-0.3, -0.25) is 4.57 Å². The first kappa shape index (κ1) is 9.65. The van der Waals surface area contributed by atoms with E-state index in [0.717, 1.165) is 0 Å². The molecule has 1 aromatic rings. The van der Waals surface area contributed by atoms with E-state index in [1.165, 1.54) is 6.66 Å². The lowest BCUT2D eigenvalue weighted by molar-refractivity contribution is 0.489. The molecule has 6 heteroatoms. The van der Waals surface area contributed by atoms with Crippen molar-refractivity contribution in [1.82, 2.24) is 0 Å². The van der Waals surface area contributed by atoms with Gasteiger partial charge in [0.1, 0.15) is 5.75 Å². The second-order valence-electron chi connectivity index (χ2n) is 2.39. The molecular weight excluding hydrogens is 189 g/mol. The first-order chi connectivity index (χ1) is 6.14. The van der Waals surface area contributed by atoms with Crippen LogP contribution in [0.4, 0.5) is 0 Å². The minimum atomic E-state index is -3.21. The van der Waals surface area contributed by atoms with Crippen LogP contribution in [-0.4, -0.2) is 6.66 Å². The Morgan fingerprint density at radius 3 is 2.62 bits per heavy atom. The topological polar surface area (TPSA) is 75.1 Å². The zero-order valence-corrected chi connectivity index (χ0v) is 7.89. The van der Waals surface area contributed by atoms with E-state index >= 15 is 0 Å². The van der Waals surface area contributed by atoms with E-state index in [4.69, 9.17) is 10.1 Å². The Bertz CT molecular complexity index is 373. The molecule has 0 saturated carbocycles.